The lowest BCUT2D eigenvalue weighted by Crippen LogP contribution is -2.37. The molecule has 1 aromatic heterocycles. The Balaban J connectivity index is 1.70. The van der Waals surface area contributed by atoms with Crippen LogP contribution in [0.15, 0.2) is 71.5 Å². The Kier molecular flexibility index (Phi) is 6.22. The zero-order valence-corrected chi connectivity index (χ0v) is 16.0. The van der Waals surface area contributed by atoms with Crippen molar-refractivity contribution in [1.82, 2.24) is 15.1 Å². The molecule has 3 rings (SSSR count). The third kappa shape index (κ3) is 4.65. The van der Waals surface area contributed by atoms with E-state index in [0.717, 1.165) is 23.3 Å². The number of rotatable bonds is 7. The van der Waals surface area contributed by atoms with E-state index in [0.29, 0.717) is 12.2 Å². The standard InChI is InChI=1S/C22H23N3O3/c1-16(22(27)23-15-14-17-6-4-3-5-7-17)25-21(26)13-12-20(24-25)18-8-10-19(28-2)11-9-18/h3-13,16H,14-15H2,1-2H3,(H,23,27). The average Bonchev–Trinajstić information content (AvgIpc) is 2.74. The predicted molar refractivity (Wildman–Crippen MR) is 108 cm³/mol. The normalized spacial score (nSPS) is 11.6. The quantitative estimate of drug-likeness (QED) is 0.687. The van der Waals surface area contributed by atoms with Crippen molar-refractivity contribution in [3.8, 4) is 17.0 Å². The Labute approximate surface area is 163 Å². The summed E-state index contributed by atoms with van der Waals surface area (Å²) in [6.45, 7) is 2.17. The molecule has 0 saturated heterocycles. The van der Waals surface area contributed by atoms with Gasteiger partial charge in [0.2, 0.25) is 5.91 Å². The van der Waals surface area contributed by atoms with Crippen LogP contribution in [0.5, 0.6) is 5.75 Å². The van der Waals surface area contributed by atoms with Crippen molar-refractivity contribution in [3.05, 3.63) is 82.6 Å². The maximum atomic E-state index is 12.5. The largest absolute Gasteiger partial charge is 0.497 e. The second-order valence-corrected chi connectivity index (χ2v) is 6.43. The molecule has 0 bridgehead atoms. The Bertz CT molecular complexity index is 982. The van der Waals surface area contributed by atoms with Gasteiger partial charge in [0.05, 0.1) is 12.8 Å². The van der Waals surface area contributed by atoms with Gasteiger partial charge in [-0.05, 0) is 49.2 Å². The lowest BCUT2D eigenvalue weighted by molar-refractivity contribution is -0.124. The first-order valence-corrected chi connectivity index (χ1v) is 9.14. The molecule has 6 heteroatoms. The summed E-state index contributed by atoms with van der Waals surface area (Å²) >= 11 is 0. The van der Waals surface area contributed by atoms with E-state index in [9.17, 15) is 9.59 Å². The molecule has 0 fully saturated rings. The summed E-state index contributed by atoms with van der Waals surface area (Å²) < 4.78 is 6.38. The molecule has 1 amide bonds. The van der Waals surface area contributed by atoms with E-state index in [4.69, 9.17) is 4.74 Å². The zero-order chi connectivity index (χ0) is 19.9. The summed E-state index contributed by atoms with van der Waals surface area (Å²) in [6.07, 6.45) is 0.730. The minimum atomic E-state index is -0.707. The molecule has 0 aliphatic rings. The second-order valence-electron chi connectivity index (χ2n) is 6.43. The molecule has 0 spiro atoms. The third-order valence-corrected chi connectivity index (χ3v) is 4.51. The first-order valence-electron chi connectivity index (χ1n) is 9.14. The van der Waals surface area contributed by atoms with Gasteiger partial charge in [0.25, 0.3) is 5.56 Å². The molecule has 0 saturated carbocycles. The van der Waals surface area contributed by atoms with E-state index in [-0.39, 0.29) is 11.5 Å². The van der Waals surface area contributed by atoms with Gasteiger partial charge in [0, 0.05) is 18.2 Å². The van der Waals surface area contributed by atoms with Crippen molar-refractivity contribution in [2.24, 2.45) is 0 Å². The highest BCUT2D eigenvalue weighted by molar-refractivity contribution is 5.79. The van der Waals surface area contributed by atoms with Crippen molar-refractivity contribution < 1.29 is 9.53 Å². The molecule has 1 atom stereocenters. The number of nitrogens with zero attached hydrogens (tertiary/aromatic N) is 2. The maximum Gasteiger partial charge on any atom is 0.267 e. The molecule has 3 aromatic rings. The molecule has 0 aliphatic carbocycles. The van der Waals surface area contributed by atoms with Crippen LogP contribution < -0.4 is 15.6 Å². The highest BCUT2D eigenvalue weighted by atomic mass is 16.5. The van der Waals surface area contributed by atoms with Crippen LogP contribution in [-0.4, -0.2) is 29.3 Å². The number of nitrogens with one attached hydrogen (secondary N) is 1. The van der Waals surface area contributed by atoms with Gasteiger partial charge >= 0.3 is 0 Å². The molecule has 144 valence electrons. The summed E-state index contributed by atoms with van der Waals surface area (Å²) in [5, 5.41) is 7.26. The first kappa shape index (κ1) is 19.4. The van der Waals surface area contributed by atoms with Gasteiger partial charge in [-0.25, -0.2) is 4.68 Å². The van der Waals surface area contributed by atoms with Crippen LogP contribution in [0.2, 0.25) is 0 Å². The number of carbonyl (C=O) groups excluding carboxylic acids is 1. The lowest BCUT2D eigenvalue weighted by Gasteiger charge is -2.15. The van der Waals surface area contributed by atoms with Gasteiger partial charge in [-0.2, -0.15) is 5.10 Å². The van der Waals surface area contributed by atoms with Crippen LogP contribution in [0.4, 0.5) is 0 Å². The number of hydrogen-bond acceptors (Lipinski definition) is 4. The van der Waals surface area contributed by atoms with Gasteiger partial charge in [0.1, 0.15) is 11.8 Å². The van der Waals surface area contributed by atoms with Crippen molar-refractivity contribution >= 4 is 5.91 Å². The highest BCUT2D eigenvalue weighted by Crippen LogP contribution is 2.20. The van der Waals surface area contributed by atoms with E-state index >= 15 is 0 Å². The van der Waals surface area contributed by atoms with Crippen molar-refractivity contribution in [2.75, 3.05) is 13.7 Å². The van der Waals surface area contributed by atoms with Gasteiger partial charge in [-0.3, -0.25) is 9.59 Å². The van der Waals surface area contributed by atoms with Crippen LogP contribution in [0.25, 0.3) is 11.3 Å². The summed E-state index contributed by atoms with van der Waals surface area (Å²) in [6, 6.07) is 19.7. The van der Waals surface area contributed by atoms with E-state index in [1.807, 2.05) is 54.6 Å². The SMILES string of the molecule is COc1ccc(-c2ccc(=O)n(C(C)C(=O)NCCc3ccccc3)n2)cc1. The van der Waals surface area contributed by atoms with Crippen molar-refractivity contribution in [2.45, 2.75) is 19.4 Å². The van der Waals surface area contributed by atoms with Gasteiger partial charge in [-0.15, -0.1) is 0 Å². The summed E-state index contributed by atoms with van der Waals surface area (Å²) in [5.41, 5.74) is 2.28. The van der Waals surface area contributed by atoms with Crippen LogP contribution in [0.1, 0.15) is 18.5 Å². The molecule has 1 heterocycles. The monoisotopic (exact) mass is 377 g/mol. The Morgan fingerprint density at radius 3 is 2.46 bits per heavy atom. The van der Waals surface area contributed by atoms with Crippen LogP contribution in [-0.2, 0) is 11.2 Å². The highest BCUT2D eigenvalue weighted by Gasteiger charge is 2.17. The number of amides is 1. The van der Waals surface area contributed by atoms with E-state index < -0.39 is 6.04 Å². The molecule has 6 nitrogen and oxygen atoms in total. The first-order chi connectivity index (χ1) is 13.6. The Morgan fingerprint density at radius 2 is 1.79 bits per heavy atom. The van der Waals surface area contributed by atoms with Gasteiger partial charge < -0.3 is 10.1 Å². The maximum absolute atomic E-state index is 12.5. The van der Waals surface area contributed by atoms with E-state index in [2.05, 4.69) is 10.4 Å². The van der Waals surface area contributed by atoms with Crippen LogP contribution >= 0.6 is 0 Å². The fourth-order valence-corrected chi connectivity index (χ4v) is 2.85. The van der Waals surface area contributed by atoms with Crippen LogP contribution in [0, 0.1) is 0 Å². The van der Waals surface area contributed by atoms with Gasteiger partial charge in [0.15, 0.2) is 0 Å². The molecule has 1 N–H and O–H groups in total. The fraction of sp³-hybridized carbons (Fsp3) is 0.227. The van der Waals surface area contributed by atoms with Crippen LogP contribution in [0.3, 0.4) is 0 Å². The number of benzene rings is 2. The molecule has 1 unspecified atom stereocenters. The fourth-order valence-electron chi connectivity index (χ4n) is 2.85. The second kappa shape index (κ2) is 8.99. The molecule has 28 heavy (non-hydrogen) atoms. The topological polar surface area (TPSA) is 73.2 Å². The Morgan fingerprint density at radius 1 is 1.07 bits per heavy atom. The van der Waals surface area contributed by atoms with E-state index in [1.165, 1.54) is 10.7 Å². The van der Waals surface area contributed by atoms with Crippen molar-refractivity contribution in [3.63, 3.8) is 0 Å². The summed E-state index contributed by atoms with van der Waals surface area (Å²) in [4.78, 5) is 24.7. The minimum absolute atomic E-state index is 0.239. The average molecular weight is 377 g/mol. The predicted octanol–water partition coefficient (Wildman–Crippen LogP) is 2.84. The minimum Gasteiger partial charge on any atom is -0.497 e. The zero-order valence-electron chi connectivity index (χ0n) is 16.0. The van der Waals surface area contributed by atoms with Crippen molar-refractivity contribution in [1.29, 1.82) is 0 Å². The smallest absolute Gasteiger partial charge is 0.267 e. The third-order valence-electron chi connectivity index (χ3n) is 4.51. The Hall–Kier alpha value is -3.41. The summed E-state index contributed by atoms with van der Waals surface area (Å²) in [7, 11) is 1.60. The number of carbonyl (C=O) groups is 1. The molecular weight excluding hydrogens is 354 g/mol. The van der Waals surface area contributed by atoms with Gasteiger partial charge in [-0.1, -0.05) is 30.3 Å². The number of hydrogen-bond donors (Lipinski definition) is 1. The molecule has 0 aliphatic heterocycles. The molecule has 0 radical (unpaired) electrons. The molecule has 2 aromatic carbocycles. The molecular formula is C22H23N3O3. The number of methoxy groups -OCH3 is 1. The summed E-state index contributed by atoms with van der Waals surface area (Å²) in [5.74, 6) is 0.501. The number of aromatic nitrogens is 2. The van der Waals surface area contributed by atoms with E-state index in [1.54, 1.807) is 20.1 Å². The lowest BCUT2D eigenvalue weighted by atomic mass is 10.1. The number of ether oxygens (including phenoxy) is 1.